The molecule has 1 saturated heterocycles. The van der Waals surface area contributed by atoms with E-state index in [4.69, 9.17) is 9.72 Å². The highest BCUT2D eigenvalue weighted by molar-refractivity contribution is 5.74. The average Bonchev–Trinajstić information content (AvgIpc) is 2.68. The molecule has 1 aliphatic heterocycles. The number of rotatable bonds is 5. The summed E-state index contributed by atoms with van der Waals surface area (Å²) >= 11 is 0. The zero-order valence-electron chi connectivity index (χ0n) is 17.2. The number of para-hydroxylation sites is 2. The molecular formula is C23H27N5O. The minimum atomic E-state index is 0.581. The van der Waals surface area contributed by atoms with E-state index in [-0.39, 0.29) is 0 Å². The molecule has 2 N–H and O–H groups in total. The first-order valence-electron chi connectivity index (χ1n) is 9.96. The third kappa shape index (κ3) is 4.84. The number of hydrogen-bond donors (Lipinski definition) is 2. The Bertz CT molecular complexity index is 978. The quantitative estimate of drug-likeness (QED) is 0.658. The molecule has 6 nitrogen and oxygen atoms in total. The van der Waals surface area contributed by atoms with Crippen LogP contribution in [0.2, 0.25) is 0 Å². The Morgan fingerprint density at radius 1 is 0.862 bits per heavy atom. The lowest BCUT2D eigenvalue weighted by Gasteiger charge is -2.30. The van der Waals surface area contributed by atoms with Gasteiger partial charge in [0.25, 0.3) is 0 Å². The van der Waals surface area contributed by atoms with E-state index in [2.05, 4.69) is 70.8 Å². The average molecular weight is 390 g/mol. The third-order valence-electron chi connectivity index (χ3n) is 4.85. The summed E-state index contributed by atoms with van der Waals surface area (Å²) in [6, 6.07) is 16.6. The van der Waals surface area contributed by atoms with Crippen molar-refractivity contribution < 1.29 is 4.74 Å². The first-order valence-corrected chi connectivity index (χ1v) is 9.96. The lowest BCUT2D eigenvalue weighted by molar-refractivity contribution is 0.123. The Hall–Kier alpha value is -3.12. The lowest BCUT2D eigenvalue weighted by atomic mass is 10.1. The second kappa shape index (κ2) is 8.49. The van der Waals surface area contributed by atoms with Gasteiger partial charge in [-0.25, -0.2) is 4.98 Å². The molecule has 1 aliphatic rings. The van der Waals surface area contributed by atoms with Crippen molar-refractivity contribution in [2.45, 2.75) is 20.8 Å². The van der Waals surface area contributed by atoms with Crippen LogP contribution in [0.15, 0.2) is 48.5 Å². The predicted molar refractivity (Wildman–Crippen MR) is 119 cm³/mol. The monoisotopic (exact) mass is 389 g/mol. The second-order valence-corrected chi connectivity index (χ2v) is 7.46. The lowest BCUT2D eigenvalue weighted by Crippen LogP contribution is -2.36. The van der Waals surface area contributed by atoms with E-state index in [1.807, 2.05) is 19.1 Å². The van der Waals surface area contributed by atoms with Gasteiger partial charge in [-0.2, -0.15) is 4.98 Å². The van der Waals surface area contributed by atoms with Crippen molar-refractivity contribution in [2.75, 3.05) is 41.8 Å². The van der Waals surface area contributed by atoms with Crippen molar-refractivity contribution in [3.63, 3.8) is 0 Å². The minimum absolute atomic E-state index is 0.581. The molecule has 0 atom stereocenters. The van der Waals surface area contributed by atoms with Crippen LogP contribution < -0.4 is 15.5 Å². The number of aromatic nitrogens is 2. The van der Waals surface area contributed by atoms with Gasteiger partial charge in [0.2, 0.25) is 5.95 Å². The number of ether oxygens (including phenoxy) is 1. The van der Waals surface area contributed by atoms with E-state index in [1.54, 1.807) is 0 Å². The predicted octanol–water partition coefficient (Wildman–Crippen LogP) is 4.73. The largest absolute Gasteiger partial charge is 0.378 e. The molecular weight excluding hydrogens is 362 g/mol. The highest BCUT2D eigenvalue weighted by Gasteiger charge is 2.15. The molecule has 1 aromatic heterocycles. The maximum atomic E-state index is 5.49. The molecule has 1 fully saturated rings. The Morgan fingerprint density at radius 3 is 2.34 bits per heavy atom. The van der Waals surface area contributed by atoms with E-state index in [0.717, 1.165) is 54.9 Å². The number of aryl methyl sites for hydroxylation is 3. The number of anilines is 5. The fourth-order valence-corrected chi connectivity index (χ4v) is 3.66. The molecule has 3 aromatic rings. The Labute approximate surface area is 172 Å². The number of nitrogens with one attached hydrogen (secondary N) is 2. The standard InChI is InChI=1S/C23H27N5O/c1-16-12-17(2)14-19(13-16)25-22-15-18(3)24-23(27-22)26-20-6-4-5-7-21(20)28-8-10-29-11-9-28/h4-7,12-15H,8-11H2,1-3H3,(H2,24,25,26,27). The van der Waals surface area contributed by atoms with E-state index in [0.29, 0.717) is 5.95 Å². The van der Waals surface area contributed by atoms with Crippen molar-refractivity contribution in [3.8, 4) is 0 Å². The molecule has 0 amide bonds. The summed E-state index contributed by atoms with van der Waals surface area (Å²) in [6.45, 7) is 9.43. The molecule has 0 bridgehead atoms. The van der Waals surface area contributed by atoms with Crippen molar-refractivity contribution in [3.05, 3.63) is 65.4 Å². The normalized spacial score (nSPS) is 14.0. The maximum absolute atomic E-state index is 5.49. The van der Waals surface area contributed by atoms with Crippen LogP contribution in [0.3, 0.4) is 0 Å². The van der Waals surface area contributed by atoms with Crippen LogP contribution in [0.1, 0.15) is 16.8 Å². The number of benzene rings is 2. The van der Waals surface area contributed by atoms with Crippen molar-refractivity contribution >= 4 is 28.8 Å². The molecule has 0 spiro atoms. The summed E-state index contributed by atoms with van der Waals surface area (Å²) in [5, 5.41) is 6.83. The van der Waals surface area contributed by atoms with Crippen LogP contribution in [0, 0.1) is 20.8 Å². The summed E-state index contributed by atoms with van der Waals surface area (Å²) in [4.78, 5) is 11.6. The third-order valence-corrected chi connectivity index (χ3v) is 4.85. The summed E-state index contributed by atoms with van der Waals surface area (Å²) < 4.78 is 5.49. The molecule has 0 aliphatic carbocycles. The smallest absolute Gasteiger partial charge is 0.229 e. The van der Waals surface area contributed by atoms with Gasteiger partial charge in [0.05, 0.1) is 24.6 Å². The molecule has 0 saturated carbocycles. The highest BCUT2D eigenvalue weighted by Crippen LogP contribution is 2.29. The first kappa shape index (κ1) is 19.2. The van der Waals surface area contributed by atoms with Crippen LogP contribution in [0.5, 0.6) is 0 Å². The van der Waals surface area contributed by atoms with E-state index >= 15 is 0 Å². The molecule has 0 radical (unpaired) electrons. The van der Waals surface area contributed by atoms with Crippen molar-refractivity contribution in [1.82, 2.24) is 9.97 Å². The van der Waals surface area contributed by atoms with Crippen molar-refractivity contribution in [1.29, 1.82) is 0 Å². The Balaban J connectivity index is 1.58. The molecule has 6 heteroatoms. The van der Waals surface area contributed by atoms with Gasteiger partial charge >= 0.3 is 0 Å². The summed E-state index contributed by atoms with van der Waals surface area (Å²) in [5.41, 5.74) is 6.51. The van der Waals surface area contributed by atoms with Crippen LogP contribution >= 0.6 is 0 Å². The molecule has 4 rings (SSSR count). The molecule has 0 unspecified atom stereocenters. The van der Waals surface area contributed by atoms with Gasteiger partial charge in [0, 0.05) is 30.5 Å². The van der Waals surface area contributed by atoms with Gasteiger partial charge in [-0.1, -0.05) is 18.2 Å². The maximum Gasteiger partial charge on any atom is 0.229 e. The van der Waals surface area contributed by atoms with Crippen LogP contribution in [0.4, 0.5) is 28.8 Å². The van der Waals surface area contributed by atoms with Gasteiger partial charge in [-0.05, 0) is 56.2 Å². The van der Waals surface area contributed by atoms with Gasteiger partial charge in [-0.3, -0.25) is 0 Å². The molecule has 150 valence electrons. The van der Waals surface area contributed by atoms with Gasteiger partial charge in [0.1, 0.15) is 5.82 Å². The van der Waals surface area contributed by atoms with Crippen molar-refractivity contribution in [2.24, 2.45) is 0 Å². The number of nitrogens with zero attached hydrogens (tertiary/aromatic N) is 3. The van der Waals surface area contributed by atoms with Gasteiger partial charge < -0.3 is 20.3 Å². The van der Waals surface area contributed by atoms with Crippen LogP contribution in [0.25, 0.3) is 0 Å². The van der Waals surface area contributed by atoms with Crippen LogP contribution in [-0.4, -0.2) is 36.3 Å². The fraction of sp³-hybridized carbons (Fsp3) is 0.304. The molecule has 2 aromatic carbocycles. The highest BCUT2D eigenvalue weighted by atomic mass is 16.5. The number of morpholine rings is 1. The van der Waals surface area contributed by atoms with E-state index < -0.39 is 0 Å². The second-order valence-electron chi connectivity index (χ2n) is 7.46. The van der Waals surface area contributed by atoms with Crippen LogP contribution in [-0.2, 0) is 4.74 Å². The Kier molecular flexibility index (Phi) is 5.62. The summed E-state index contributed by atoms with van der Waals surface area (Å²) in [5.74, 6) is 1.35. The van der Waals surface area contributed by atoms with E-state index in [9.17, 15) is 0 Å². The zero-order valence-corrected chi connectivity index (χ0v) is 17.2. The molecule has 2 heterocycles. The van der Waals surface area contributed by atoms with Gasteiger partial charge in [0.15, 0.2) is 0 Å². The summed E-state index contributed by atoms with van der Waals surface area (Å²) in [7, 11) is 0. The first-order chi connectivity index (χ1) is 14.1. The fourth-order valence-electron chi connectivity index (χ4n) is 3.66. The SMILES string of the molecule is Cc1cc(C)cc(Nc2cc(C)nc(Nc3ccccc3N3CCOCC3)n2)c1. The number of hydrogen-bond acceptors (Lipinski definition) is 6. The zero-order chi connectivity index (χ0) is 20.2. The topological polar surface area (TPSA) is 62.3 Å². The molecule has 29 heavy (non-hydrogen) atoms. The van der Waals surface area contributed by atoms with E-state index in [1.165, 1.54) is 11.1 Å². The summed E-state index contributed by atoms with van der Waals surface area (Å²) in [6.07, 6.45) is 0. The van der Waals surface area contributed by atoms with Gasteiger partial charge in [-0.15, -0.1) is 0 Å². The Morgan fingerprint density at radius 2 is 1.59 bits per heavy atom. The minimum Gasteiger partial charge on any atom is -0.378 e.